The highest BCUT2D eigenvalue weighted by Gasteiger charge is 2.18. The van der Waals surface area contributed by atoms with Crippen molar-refractivity contribution >= 4 is 17.8 Å². The Morgan fingerprint density at radius 3 is 2.42 bits per heavy atom. The molecule has 166 valence electrons. The number of hydrogen-bond acceptors (Lipinski definition) is 7. The van der Waals surface area contributed by atoms with Crippen LogP contribution >= 0.6 is 0 Å². The van der Waals surface area contributed by atoms with Crippen LogP contribution in [0.1, 0.15) is 23.7 Å². The molecule has 2 heterocycles. The van der Waals surface area contributed by atoms with Gasteiger partial charge >= 0.3 is 0 Å². The number of benzene rings is 1. The predicted octanol–water partition coefficient (Wildman–Crippen LogP) is 0.934. The molecule has 2 N–H and O–H groups in total. The van der Waals surface area contributed by atoms with Crippen LogP contribution in [0.15, 0.2) is 42.7 Å². The van der Waals surface area contributed by atoms with Gasteiger partial charge in [-0.3, -0.25) is 14.5 Å². The molecule has 9 heteroatoms. The normalized spacial score (nSPS) is 14.2. The molecule has 1 aromatic carbocycles. The van der Waals surface area contributed by atoms with Crippen molar-refractivity contribution < 1.29 is 14.3 Å². The SMILES string of the molecule is CCOc1ccc(C(=O)NCC(=O)NCCCN2CCN(c3ncccn3)CC2)cc1. The van der Waals surface area contributed by atoms with Crippen LogP contribution in [-0.2, 0) is 4.79 Å². The lowest BCUT2D eigenvalue weighted by atomic mass is 10.2. The van der Waals surface area contributed by atoms with E-state index in [-0.39, 0.29) is 18.4 Å². The van der Waals surface area contributed by atoms with Gasteiger partial charge in [0.1, 0.15) is 5.75 Å². The Morgan fingerprint density at radius 2 is 1.74 bits per heavy atom. The maximum atomic E-state index is 12.1. The molecule has 0 radical (unpaired) electrons. The van der Waals surface area contributed by atoms with Crippen LogP contribution in [0.25, 0.3) is 0 Å². The first-order valence-electron chi connectivity index (χ1n) is 10.7. The van der Waals surface area contributed by atoms with E-state index in [4.69, 9.17) is 4.74 Å². The van der Waals surface area contributed by atoms with E-state index < -0.39 is 0 Å². The van der Waals surface area contributed by atoms with E-state index in [9.17, 15) is 9.59 Å². The molecule has 0 bridgehead atoms. The largest absolute Gasteiger partial charge is 0.494 e. The number of carbonyl (C=O) groups is 2. The van der Waals surface area contributed by atoms with Crippen molar-refractivity contribution in [3.05, 3.63) is 48.3 Å². The minimum atomic E-state index is -0.279. The molecule has 1 aliphatic rings. The third-order valence-corrected chi connectivity index (χ3v) is 5.02. The molecule has 3 rings (SSSR count). The maximum Gasteiger partial charge on any atom is 0.251 e. The zero-order valence-corrected chi connectivity index (χ0v) is 17.9. The van der Waals surface area contributed by atoms with E-state index in [0.29, 0.717) is 24.5 Å². The van der Waals surface area contributed by atoms with E-state index in [1.54, 1.807) is 36.7 Å². The Morgan fingerprint density at radius 1 is 1.03 bits per heavy atom. The first kappa shape index (κ1) is 22.5. The predicted molar refractivity (Wildman–Crippen MR) is 118 cm³/mol. The van der Waals surface area contributed by atoms with Gasteiger partial charge in [-0.25, -0.2) is 9.97 Å². The molecular formula is C22H30N6O3. The summed E-state index contributed by atoms with van der Waals surface area (Å²) in [6.07, 6.45) is 4.39. The van der Waals surface area contributed by atoms with Crippen molar-refractivity contribution in [1.82, 2.24) is 25.5 Å². The summed E-state index contributed by atoms with van der Waals surface area (Å²) in [5.74, 6) is 1.03. The molecule has 0 atom stereocenters. The molecule has 1 aromatic heterocycles. The number of amides is 2. The number of carbonyl (C=O) groups excluding carboxylic acids is 2. The van der Waals surface area contributed by atoms with Crippen molar-refractivity contribution in [1.29, 1.82) is 0 Å². The summed E-state index contributed by atoms with van der Waals surface area (Å²) in [5, 5.41) is 5.50. The summed E-state index contributed by atoms with van der Waals surface area (Å²) in [5.41, 5.74) is 0.497. The van der Waals surface area contributed by atoms with Gasteiger partial charge in [-0.05, 0) is 50.2 Å². The Kier molecular flexibility index (Phi) is 8.59. The first-order valence-corrected chi connectivity index (χ1v) is 10.7. The van der Waals surface area contributed by atoms with E-state index >= 15 is 0 Å². The van der Waals surface area contributed by atoms with Crippen molar-refractivity contribution in [2.24, 2.45) is 0 Å². The zero-order valence-electron chi connectivity index (χ0n) is 17.9. The molecule has 0 saturated carbocycles. The van der Waals surface area contributed by atoms with Gasteiger partial charge in [0.05, 0.1) is 13.2 Å². The number of hydrogen-bond donors (Lipinski definition) is 2. The monoisotopic (exact) mass is 426 g/mol. The third kappa shape index (κ3) is 7.21. The summed E-state index contributed by atoms with van der Waals surface area (Å²) in [4.78, 5) is 37.3. The smallest absolute Gasteiger partial charge is 0.251 e. The van der Waals surface area contributed by atoms with Crippen LogP contribution in [0.2, 0.25) is 0 Å². The molecule has 0 aliphatic carbocycles. The second kappa shape index (κ2) is 11.8. The number of nitrogens with zero attached hydrogens (tertiary/aromatic N) is 4. The maximum absolute atomic E-state index is 12.1. The van der Waals surface area contributed by atoms with Crippen molar-refractivity contribution in [2.75, 3.05) is 57.3 Å². The second-order valence-corrected chi connectivity index (χ2v) is 7.22. The fraction of sp³-hybridized carbons (Fsp3) is 0.455. The Balaban J connectivity index is 1.26. The van der Waals surface area contributed by atoms with Crippen LogP contribution < -0.4 is 20.3 Å². The average Bonchev–Trinajstić information content (AvgIpc) is 2.82. The average molecular weight is 427 g/mol. The summed E-state index contributed by atoms with van der Waals surface area (Å²) < 4.78 is 5.36. The molecule has 1 fully saturated rings. The van der Waals surface area contributed by atoms with Gasteiger partial charge in [-0.15, -0.1) is 0 Å². The van der Waals surface area contributed by atoms with Crippen molar-refractivity contribution in [2.45, 2.75) is 13.3 Å². The molecule has 9 nitrogen and oxygen atoms in total. The molecule has 2 aromatic rings. The Labute approximate surface area is 182 Å². The molecule has 1 aliphatic heterocycles. The van der Waals surface area contributed by atoms with Gasteiger partial charge in [0.25, 0.3) is 5.91 Å². The molecule has 1 saturated heterocycles. The standard InChI is InChI=1S/C22H30N6O3/c1-2-31-19-7-5-18(6-8-19)21(30)26-17-20(29)23-11-4-12-27-13-15-28(16-14-27)22-24-9-3-10-25-22/h3,5-10H,2,4,11-17H2,1H3,(H,23,29)(H,26,30). The third-order valence-electron chi connectivity index (χ3n) is 5.02. The quantitative estimate of drug-likeness (QED) is 0.545. The van der Waals surface area contributed by atoms with Gasteiger partial charge < -0.3 is 20.3 Å². The van der Waals surface area contributed by atoms with Crippen LogP contribution in [-0.4, -0.2) is 79.1 Å². The topological polar surface area (TPSA) is 99.7 Å². The lowest BCUT2D eigenvalue weighted by Crippen LogP contribution is -2.47. The van der Waals surface area contributed by atoms with Crippen LogP contribution in [0.4, 0.5) is 5.95 Å². The number of piperazine rings is 1. The first-order chi connectivity index (χ1) is 15.2. The number of aromatic nitrogens is 2. The summed E-state index contributed by atoms with van der Waals surface area (Å²) in [7, 11) is 0. The van der Waals surface area contributed by atoms with E-state index in [0.717, 1.165) is 45.1 Å². The highest BCUT2D eigenvalue weighted by atomic mass is 16.5. The van der Waals surface area contributed by atoms with E-state index in [1.165, 1.54) is 0 Å². The van der Waals surface area contributed by atoms with Crippen LogP contribution in [0.5, 0.6) is 5.75 Å². The lowest BCUT2D eigenvalue weighted by molar-refractivity contribution is -0.120. The molecule has 2 amide bonds. The van der Waals surface area contributed by atoms with E-state index in [1.807, 2.05) is 13.0 Å². The molecular weight excluding hydrogens is 396 g/mol. The Hall–Kier alpha value is -3.20. The van der Waals surface area contributed by atoms with E-state index in [2.05, 4.69) is 30.4 Å². The molecule has 0 unspecified atom stereocenters. The van der Waals surface area contributed by atoms with Crippen LogP contribution in [0.3, 0.4) is 0 Å². The molecule has 0 spiro atoms. The van der Waals surface area contributed by atoms with Crippen molar-refractivity contribution in [3.63, 3.8) is 0 Å². The highest BCUT2D eigenvalue weighted by Crippen LogP contribution is 2.12. The molecule has 31 heavy (non-hydrogen) atoms. The summed E-state index contributed by atoms with van der Waals surface area (Å²) >= 11 is 0. The minimum Gasteiger partial charge on any atom is -0.494 e. The van der Waals surface area contributed by atoms with Crippen molar-refractivity contribution in [3.8, 4) is 5.75 Å². The number of anilines is 1. The van der Waals surface area contributed by atoms with Gasteiger partial charge in [0, 0.05) is 50.7 Å². The summed E-state index contributed by atoms with van der Waals surface area (Å²) in [6, 6.07) is 8.67. The summed E-state index contributed by atoms with van der Waals surface area (Å²) in [6.45, 7) is 7.63. The lowest BCUT2D eigenvalue weighted by Gasteiger charge is -2.34. The fourth-order valence-electron chi connectivity index (χ4n) is 3.35. The highest BCUT2D eigenvalue weighted by molar-refractivity contribution is 5.96. The van der Waals surface area contributed by atoms with Gasteiger partial charge in [-0.2, -0.15) is 0 Å². The van der Waals surface area contributed by atoms with Gasteiger partial charge in [-0.1, -0.05) is 0 Å². The van der Waals surface area contributed by atoms with Gasteiger partial charge in [0.2, 0.25) is 11.9 Å². The number of ether oxygens (including phenoxy) is 1. The zero-order chi connectivity index (χ0) is 21.9. The van der Waals surface area contributed by atoms with Gasteiger partial charge in [0.15, 0.2) is 0 Å². The fourth-order valence-corrected chi connectivity index (χ4v) is 3.35. The Bertz CT molecular complexity index is 823. The minimum absolute atomic E-state index is 0.0399. The second-order valence-electron chi connectivity index (χ2n) is 7.22. The number of nitrogens with one attached hydrogen (secondary N) is 2. The number of rotatable bonds is 10. The van der Waals surface area contributed by atoms with Crippen LogP contribution in [0, 0.1) is 0 Å².